The van der Waals surface area contributed by atoms with Crippen molar-refractivity contribution < 1.29 is 14.4 Å². The Hall–Kier alpha value is -2.21. The number of rotatable bonds is 1. The molecule has 2 heterocycles. The Bertz CT molecular complexity index is 748. The quantitative estimate of drug-likeness (QED) is 0.820. The molecule has 0 unspecified atom stereocenters. The number of carbonyl (C=O) groups is 3. The second kappa shape index (κ2) is 4.14. The van der Waals surface area contributed by atoms with Crippen LogP contribution in [0.3, 0.4) is 0 Å². The highest BCUT2D eigenvalue weighted by Crippen LogP contribution is 2.31. The van der Waals surface area contributed by atoms with Crippen LogP contribution in [0.25, 0.3) is 10.1 Å². The smallest absolute Gasteiger partial charge is 0.276 e. The molecule has 102 valence electrons. The van der Waals surface area contributed by atoms with E-state index in [0.29, 0.717) is 5.69 Å². The Balaban J connectivity index is 2.09. The molecule has 1 aromatic carbocycles. The molecule has 0 spiro atoms. The van der Waals surface area contributed by atoms with E-state index >= 15 is 0 Å². The minimum Gasteiger partial charge on any atom is -0.276 e. The van der Waals surface area contributed by atoms with Gasteiger partial charge in [0.1, 0.15) is 5.41 Å². The zero-order valence-electron chi connectivity index (χ0n) is 11.0. The molecule has 1 N–H and O–H groups in total. The first-order chi connectivity index (χ1) is 9.41. The summed E-state index contributed by atoms with van der Waals surface area (Å²) in [6, 6.07) is 6.57. The zero-order valence-corrected chi connectivity index (χ0v) is 11.8. The van der Waals surface area contributed by atoms with Crippen LogP contribution in [0.15, 0.2) is 29.6 Å². The molecule has 4 amide bonds. The largest absolute Gasteiger partial charge is 0.335 e. The standard InChI is InChI=1S/C14H12N2O3S/c1-14(2)11(17)15-13(19)16(12(14)18)9-3-4-10-8(7-9)5-6-20-10/h3-7H,1-2H3,(H,15,17,19). The molecule has 6 heteroatoms. The van der Waals surface area contributed by atoms with Gasteiger partial charge in [0.25, 0.3) is 0 Å². The molecule has 2 aromatic rings. The SMILES string of the molecule is CC1(C)C(=O)NC(=O)N(c2ccc3sccc3c2)C1=O. The average Bonchev–Trinajstić information content (AvgIpc) is 2.84. The first kappa shape index (κ1) is 12.8. The number of fused-ring (bicyclic) bond motifs is 1. The lowest BCUT2D eigenvalue weighted by molar-refractivity contribution is -0.140. The minimum atomic E-state index is -1.25. The van der Waals surface area contributed by atoms with Gasteiger partial charge in [-0.3, -0.25) is 14.9 Å². The van der Waals surface area contributed by atoms with E-state index < -0.39 is 23.3 Å². The fourth-order valence-corrected chi connectivity index (χ4v) is 2.88. The van der Waals surface area contributed by atoms with Crippen LogP contribution in [-0.4, -0.2) is 17.8 Å². The summed E-state index contributed by atoms with van der Waals surface area (Å²) in [5.74, 6) is -1.08. The second-order valence-electron chi connectivity index (χ2n) is 5.17. The number of nitrogens with zero attached hydrogens (tertiary/aromatic N) is 1. The van der Waals surface area contributed by atoms with Crippen molar-refractivity contribution >= 4 is 45.0 Å². The molecule has 3 rings (SSSR count). The Morgan fingerprint density at radius 1 is 1.15 bits per heavy atom. The summed E-state index contributed by atoms with van der Waals surface area (Å²) in [5, 5.41) is 5.13. The normalized spacial score (nSPS) is 18.5. The molecule has 0 bridgehead atoms. The number of imide groups is 2. The summed E-state index contributed by atoms with van der Waals surface area (Å²) in [7, 11) is 0. The third kappa shape index (κ3) is 1.72. The van der Waals surface area contributed by atoms with Gasteiger partial charge in [0.15, 0.2) is 0 Å². The van der Waals surface area contributed by atoms with Gasteiger partial charge in [-0.1, -0.05) is 0 Å². The number of carbonyl (C=O) groups excluding carboxylic acids is 3. The fraction of sp³-hybridized carbons (Fsp3) is 0.214. The van der Waals surface area contributed by atoms with Crippen molar-refractivity contribution in [3.63, 3.8) is 0 Å². The number of thiophene rings is 1. The van der Waals surface area contributed by atoms with E-state index in [2.05, 4.69) is 5.32 Å². The van der Waals surface area contributed by atoms with Crippen LogP contribution in [0.1, 0.15) is 13.8 Å². The second-order valence-corrected chi connectivity index (χ2v) is 6.12. The lowest BCUT2D eigenvalue weighted by Crippen LogP contribution is -2.62. The first-order valence-corrected chi connectivity index (χ1v) is 6.96. The predicted molar refractivity (Wildman–Crippen MR) is 76.6 cm³/mol. The Morgan fingerprint density at radius 3 is 2.65 bits per heavy atom. The highest BCUT2D eigenvalue weighted by molar-refractivity contribution is 7.17. The van der Waals surface area contributed by atoms with Gasteiger partial charge in [0, 0.05) is 4.70 Å². The molecular formula is C14H12N2O3S. The molecular weight excluding hydrogens is 276 g/mol. The summed E-state index contributed by atoms with van der Waals surface area (Å²) < 4.78 is 1.08. The number of hydrogen-bond donors (Lipinski definition) is 1. The number of benzene rings is 1. The molecule has 20 heavy (non-hydrogen) atoms. The molecule has 0 aliphatic carbocycles. The number of nitrogens with one attached hydrogen (secondary N) is 1. The van der Waals surface area contributed by atoms with Crippen LogP contribution in [0.4, 0.5) is 10.5 Å². The number of amides is 4. The molecule has 0 radical (unpaired) electrons. The van der Waals surface area contributed by atoms with Gasteiger partial charge in [-0.05, 0) is 48.9 Å². The topological polar surface area (TPSA) is 66.5 Å². The van der Waals surface area contributed by atoms with Gasteiger partial charge in [-0.25, -0.2) is 9.69 Å². The van der Waals surface area contributed by atoms with Crippen LogP contribution in [0.5, 0.6) is 0 Å². The molecule has 0 saturated carbocycles. The van der Waals surface area contributed by atoms with Crippen molar-refractivity contribution in [2.24, 2.45) is 5.41 Å². The monoisotopic (exact) mass is 288 g/mol. The highest BCUT2D eigenvalue weighted by atomic mass is 32.1. The van der Waals surface area contributed by atoms with Crippen molar-refractivity contribution in [3.05, 3.63) is 29.6 Å². The third-order valence-corrected chi connectivity index (χ3v) is 4.32. The number of anilines is 1. The van der Waals surface area contributed by atoms with Crippen molar-refractivity contribution in [1.82, 2.24) is 5.32 Å². The lowest BCUT2D eigenvalue weighted by atomic mass is 9.88. The number of urea groups is 1. The van der Waals surface area contributed by atoms with Crippen molar-refractivity contribution in [2.75, 3.05) is 4.90 Å². The van der Waals surface area contributed by atoms with Gasteiger partial charge in [-0.15, -0.1) is 11.3 Å². The van der Waals surface area contributed by atoms with E-state index in [0.717, 1.165) is 15.0 Å². The van der Waals surface area contributed by atoms with E-state index in [1.165, 1.54) is 13.8 Å². The Kier molecular flexibility index (Phi) is 2.65. The summed E-state index contributed by atoms with van der Waals surface area (Å²) in [5.41, 5.74) is -0.781. The minimum absolute atomic E-state index is 0.471. The van der Waals surface area contributed by atoms with E-state index in [4.69, 9.17) is 0 Å². The van der Waals surface area contributed by atoms with Gasteiger partial charge < -0.3 is 0 Å². The van der Waals surface area contributed by atoms with Crippen molar-refractivity contribution in [3.8, 4) is 0 Å². The molecule has 1 aromatic heterocycles. The third-order valence-electron chi connectivity index (χ3n) is 3.42. The van der Waals surface area contributed by atoms with Gasteiger partial charge in [-0.2, -0.15) is 0 Å². The van der Waals surface area contributed by atoms with E-state index in [9.17, 15) is 14.4 Å². The molecule has 1 fully saturated rings. The predicted octanol–water partition coefficient (Wildman–Crippen LogP) is 2.51. The van der Waals surface area contributed by atoms with Crippen molar-refractivity contribution in [1.29, 1.82) is 0 Å². The maximum Gasteiger partial charge on any atom is 0.335 e. The zero-order chi connectivity index (χ0) is 14.5. The lowest BCUT2D eigenvalue weighted by Gasteiger charge is -2.34. The number of barbiturate groups is 1. The van der Waals surface area contributed by atoms with Crippen LogP contribution >= 0.6 is 11.3 Å². The van der Waals surface area contributed by atoms with E-state index in [1.807, 2.05) is 17.5 Å². The summed E-state index contributed by atoms with van der Waals surface area (Å²) in [4.78, 5) is 37.1. The molecule has 0 atom stereocenters. The maximum atomic E-state index is 12.4. The summed E-state index contributed by atoms with van der Waals surface area (Å²) in [6.45, 7) is 3.01. The maximum absolute atomic E-state index is 12.4. The molecule has 5 nitrogen and oxygen atoms in total. The summed E-state index contributed by atoms with van der Waals surface area (Å²) in [6.07, 6.45) is 0. The average molecular weight is 288 g/mol. The van der Waals surface area contributed by atoms with Crippen LogP contribution < -0.4 is 10.2 Å². The Morgan fingerprint density at radius 2 is 1.90 bits per heavy atom. The summed E-state index contributed by atoms with van der Waals surface area (Å²) >= 11 is 1.59. The van der Waals surface area contributed by atoms with Crippen molar-refractivity contribution in [2.45, 2.75) is 13.8 Å². The molecule has 1 aliphatic rings. The van der Waals surface area contributed by atoms with Gasteiger partial charge >= 0.3 is 6.03 Å². The molecule has 1 saturated heterocycles. The highest BCUT2D eigenvalue weighted by Gasteiger charge is 2.47. The first-order valence-electron chi connectivity index (χ1n) is 6.08. The Labute approximate surface area is 119 Å². The van der Waals surface area contributed by atoms with Crippen LogP contribution in [-0.2, 0) is 9.59 Å². The van der Waals surface area contributed by atoms with Gasteiger partial charge in [0.05, 0.1) is 5.69 Å². The van der Waals surface area contributed by atoms with Crippen LogP contribution in [0.2, 0.25) is 0 Å². The molecule has 1 aliphatic heterocycles. The van der Waals surface area contributed by atoms with Crippen LogP contribution in [0, 0.1) is 5.41 Å². The fourth-order valence-electron chi connectivity index (χ4n) is 2.11. The van der Waals surface area contributed by atoms with E-state index in [1.54, 1.807) is 23.5 Å². The number of hydrogen-bond acceptors (Lipinski definition) is 4. The van der Waals surface area contributed by atoms with Gasteiger partial charge in [0.2, 0.25) is 11.8 Å². The van der Waals surface area contributed by atoms with E-state index in [-0.39, 0.29) is 0 Å².